The average Bonchev–Trinajstić information content (AvgIpc) is 3.50. The van der Waals surface area contributed by atoms with Gasteiger partial charge in [-0.25, -0.2) is 14.8 Å². The number of carbonyl (C=O) groups is 2. The quantitative estimate of drug-likeness (QED) is 0.264. The van der Waals surface area contributed by atoms with Gasteiger partial charge in [-0.1, -0.05) is 42.5 Å². The van der Waals surface area contributed by atoms with Crippen LogP contribution in [0.1, 0.15) is 29.8 Å². The maximum Gasteiger partial charge on any atom is 0.326 e. The Morgan fingerprint density at radius 1 is 1.00 bits per heavy atom. The van der Waals surface area contributed by atoms with Gasteiger partial charge in [-0.2, -0.15) is 0 Å². The van der Waals surface area contributed by atoms with Gasteiger partial charge in [0.2, 0.25) is 5.91 Å². The third-order valence-corrected chi connectivity index (χ3v) is 7.61. The molecule has 202 valence electrons. The molecule has 6 rings (SSSR count). The number of aliphatic carboxylic acids is 1. The number of nitrogens with one attached hydrogen (secondary N) is 1. The molecule has 1 saturated heterocycles. The first-order valence-electron chi connectivity index (χ1n) is 13.4. The zero-order valence-electron chi connectivity index (χ0n) is 22.6. The topological polar surface area (TPSA) is 109 Å². The van der Waals surface area contributed by atoms with Crippen LogP contribution in [0.15, 0.2) is 71.1 Å². The first kappa shape index (κ1) is 25.6. The summed E-state index contributed by atoms with van der Waals surface area (Å²) in [5.41, 5.74) is 6.98. The molecule has 2 N–H and O–H groups in total. The SMILES string of the molecule is Cc1nc(N2C[C@@H](CC(=O)Nc3cc(C)c(-c4ccccc4)c(C)c3)C[C@H]2C(=O)O)c2oc3ccccc3c2n1. The number of aryl methyl sites for hydroxylation is 3. The molecule has 2 atom stereocenters. The number of amides is 1. The van der Waals surface area contributed by atoms with E-state index in [0.29, 0.717) is 41.3 Å². The molecule has 0 saturated carbocycles. The first-order valence-corrected chi connectivity index (χ1v) is 13.4. The molecular weight excluding hydrogens is 504 g/mol. The highest BCUT2D eigenvalue weighted by Gasteiger charge is 2.40. The van der Waals surface area contributed by atoms with Gasteiger partial charge in [0.05, 0.1) is 0 Å². The van der Waals surface area contributed by atoms with E-state index < -0.39 is 12.0 Å². The Labute approximate surface area is 231 Å². The Bertz CT molecular complexity index is 1740. The Morgan fingerprint density at radius 2 is 1.70 bits per heavy atom. The zero-order chi connectivity index (χ0) is 28.0. The summed E-state index contributed by atoms with van der Waals surface area (Å²) < 4.78 is 6.10. The summed E-state index contributed by atoms with van der Waals surface area (Å²) in [6.45, 7) is 6.24. The minimum absolute atomic E-state index is 0.144. The second kappa shape index (κ2) is 10.1. The summed E-state index contributed by atoms with van der Waals surface area (Å²) >= 11 is 0. The summed E-state index contributed by atoms with van der Waals surface area (Å²) in [6.07, 6.45) is 0.532. The minimum Gasteiger partial charge on any atom is -0.480 e. The fourth-order valence-corrected chi connectivity index (χ4v) is 5.99. The predicted octanol–water partition coefficient (Wildman–Crippen LogP) is 6.28. The van der Waals surface area contributed by atoms with Gasteiger partial charge in [-0.15, -0.1) is 0 Å². The van der Waals surface area contributed by atoms with E-state index >= 15 is 0 Å². The van der Waals surface area contributed by atoms with Gasteiger partial charge in [0.25, 0.3) is 0 Å². The van der Waals surface area contributed by atoms with Crippen molar-refractivity contribution < 1.29 is 19.1 Å². The van der Waals surface area contributed by atoms with Crippen LogP contribution in [0.3, 0.4) is 0 Å². The highest BCUT2D eigenvalue weighted by Crippen LogP contribution is 2.38. The number of anilines is 2. The molecule has 3 heterocycles. The maximum atomic E-state index is 13.1. The van der Waals surface area contributed by atoms with E-state index in [4.69, 9.17) is 4.42 Å². The van der Waals surface area contributed by atoms with Crippen LogP contribution in [0, 0.1) is 26.7 Å². The number of benzene rings is 3. The Kier molecular flexibility index (Phi) is 6.46. The molecule has 8 heteroatoms. The fourth-order valence-electron chi connectivity index (χ4n) is 5.99. The van der Waals surface area contributed by atoms with Gasteiger partial charge in [0.1, 0.15) is 23.0 Å². The number of para-hydroxylation sites is 1. The molecule has 1 aliphatic rings. The smallest absolute Gasteiger partial charge is 0.326 e. The number of aromatic nitrogens is 2. The van der Waals surface area contributed by atoms with Crippen molar-refractivity contribution in [1.82, 2.24) is 9.97 Å². The molecule has 0 aliphatic carbocycles. The van der Waals surface area contributed by atoms with E-state index in [0.717, 1.165) is 33.3 Å². The maximum absolute atomic E-state index is 13.1. The van der Waals surface area contributed by atoms with Crippen molar-refractivity contribution in [3.8, 4) is 11.1 Å². The third-order valence-electron chi connectivity index (χ3n) is 7.61. The van der Waals surface area contributed by atoms with Crippen molar-refractivity contribution >= 4 is 45.5 Å². The molecule has 1 aliphatic heterocycles. The molecule has 0 spiro atoms. The van der Waals surface area contributed by atoms with Gasteiger partial charge in [-0.05, 0) is 79.6 Å². The number of carboxylic acids is 1. The Hall–Kier alpha value is -4.72. The lowest BCUT2D eigenvalue weighted by Gasteiger charge is -2.22. The number of rotatable bonds is 6. The highest BCUT2D eigenvalue weighted by molar-refractivity contribution is 6.06. The molecule has 3 aromatic carbocycles. The lowest BCUT2D eigenvalue weighted by atomic mass is 9.95. The summed E-state index contributed by atoms with van der Waals surface area (Å²) in [5, 5.41) is 14.0. The number of furan rings is 1. The van der Waals surface area contributed by atoms with Crippen molar-refractivity contribution in [2.75, 3.05) is 16.8 Å². The molecule has 1 amide bonds. The van der Waals surface area contributed by atoms with Gasteiger partial charge < -0.3 is 19.7 Å². The monoisotopic (exact) mass is 534 g/mol. The second-order valence-corrected chi connectivity index (χ2v) is 10.6. The van der Waals surface area contributed by atoms with Crippen LogP contribution < -0.4 is 10.2 Å². The lowest BCUT2D eigenvalue weighted by molar-refractivity contribution is -0.138. The van der Waals surface area contributed by atoms with Crippen LogP contribution in [0.25, 0.3) is 33.2 Å². The predicted molar refractivity (Wildman–Crippen MR) is 156 cm³/mol. The highest BCUT2D eigenvalue weighted by atomic mass is 16.4. The number of hydrogen-bond donors (Lipinski definition) is 2. The lowest BCUT2D eigenvalue weighted by Crippen LogP contribution is -2.36. The average molecular weight is 535 g/mol. The Morgan fingerprint density at radius 3 is 2.42 bits per heavy atom. The van der Waals surface area contributed by atoms with Gasteiger partial charge in [-0.3, -0.25) is 4.79 Å². The second-order valence-electron chi connectivity index (χ2n) is 10.6. The van der Waals surface area contributed by atoms with Crippen LogP contribution in [0.5, 0.6) is 0 Å². The van der Waals surface area contributed by atoms with Crippen LogP contribution in [0.2, 0.25) is 0 Å². The number of fused-ring (bicyclic) bond motifs is 3. The largest absolute Gasteiger partial charge is 0.480 e. The Balaban J connectivity index is 1.23. The van der Waals surface area contributed by atoms with Crippen molar-refractivity contribution in [2.24, 2.45) is 5.92 Å². The van der Waals surface area contributed by atoms with Gasteiger partial charge >= 0.3 is 5.97 Å². The molecule has 8 nitrogen and oxygen atoms in total. The van der Waals surface area contributed by atoms with Crippen LogP contribution >= 0.6 is 0 Å². The van der Waals surface area contributed by atoms with Gasteiger partial charge in [0.15, 0.2) is 11.4 Å². The number of carbonyl (C=O) groups excluding carboxylic acids is 1. The number of nitrogens with zero attached hydrogens (tertiary/aromatic N) is 3. The van der Waals surface area contributed by atoms with Crippen LogP contribution in [-0.2, 0) is 9.59 Å². The van der Waals surface area contributed by atoms with Crippen LogP contribution in [0.4, 0.5) is 11.5 Å². The molecular formula is C32H30N4O4. The number of carboxylic acid groups (broad SMARTS) is 1. The van der Waals surface area contributed by atoms with Crippen molar-refractivity contribution in [1.29, 1.82) is 0 Å². The summed E-state index contributed by atoms with van der Waals surface area (Å²) in [5.74, 6) is -0.274. The summed E-state index contributed by atoms with van der Waals surface area (Å²) in [7, 11) is 0. The standard InChI is InChI=1S/C32H30N4O4/c1-18-13-23(14-19(2)28(18)22-9-5-4-6-10-22)35-27(37)16-21-15-25(32(38)39)36(17-21)31-30-29(33-20(3)34-31)24-11-7-8-12-26(24)40-30/h4-14,21,25H,15-17H2,1-3H3,(H,35,37)(H,38,39)/t21-,25+/m1/s1. The fraction of sp³-hybridized carbons (Fsp3) is 0.250. The first-order chi connectivity index (χ1) is 19.3. The van der Waals surface area contributed by atoms with E-state index in [1.165, 1.54) is 0 Å². The van der Waals surface area contributed by atoms with E-state index in [1.54, 1.807) is 11.8 Å². The molecule has 0 radical (unpaired) electrons. The van der Waals surface area contributed by atoms with E-state index in [2.05, 4.69) is 27.4 Å². The number of hydrogen-bond acceptors (Lipinski definition) is 6. The third kappa shape index (κ3) is 4.66. The van der Waals surface area contributed by atoms with Crippen molar-refractivity contribution in [3.05, 3.63) is 83.7 Å². The molecule has 1 fully saturated rings. The van der Waals surface area contributed by atoms with Crippen LogP contribution in [-0.4, -0.2) is 39.5 Å². The zero-order valence-corrected chi connectivity index (χ0v) is 22.6. The normalized spacial score (nSPS) is 17.0. The summed E-state index contributed by atoms with van der Waals surface area (Å²) in [6, 6.07) is 20.9. The molecule has 2 aromatic heterocycles. The minimum atomic E-state index is -0.953. The van der Waals surface area contributed by atoms with Crippen molar-refractivity contribution in [2.45, 2.75) is 39.7 Å². The summed E-state index contributed by atoms with van der Waals surface area (Å²) in [4.78, 5) is 36.4. The van der Waals surface area contributed by atoms with E-state index in [1.807, 2.05) is 68.4 Å². The molecule has 5 aromatic rings. The van der Waals surface area contributed by atoms with Gasteiger partial charge in [0, 0.05) is 24.0 Å². The van der Waals surface area contributed by atoms with E-state index in [9.17, 15) is 14.7 Å². The molecule has 40 heavy (non-hydrogen) atoms. The molecule has 0 unspecified atom stereocenters. The molecule has 0 bridgehead atoms. The van der Waals surface area contributed by atoms with E-state index in [-0.39, 0.29) is 18.2 Å². The van der Waals surface area contributed by atoms with Crippen molar-refractivity contribution in [3.63, 3.8) is 0 Å².